The Kier molecular flexibility index (Phi) is 4.14. The first-order valence-electron chi connectivity index (χ1n) is 6.00. The number of hydrogen-bond donors (Lipinski definition) is 2. The van der Waals surface area contributed by atoms with E-state index in [9.17, 15) is 4.79 Å². The van der Waals surface area contributed by atoms with Crippen molar-refractivity contribution in [2.24, 2.45) is 11.7 Å². The first-order valence-corrected chi connectivity index (χ1v) is 6.00. The zero-order valence-corrected chi connectivity index (χ0v) is 10.2. The van der Waals surface area contributed by atoms with Gasteiger partial charge < -0.3 is 11.1 Å². The number of rotatable bonds is 4. The van der Waals surface area contributed by atoms with Crippen molar-refractivity contribution in [3.05, 3.63) is 0 Å². The van der Waals surface area contributed by atoms with Gasteiger partial charge >= 0.3 is 0 Å². The Morgan fingerprint density at radius 2 is 1.93 bits per heavy atom. The minimum Gasteiger partial charge on any atom is -0.350 e. The van der Waals surface area contributed by atoms with Gasteiger partial charge in [-0.3, -0.25) is 4.79 Å². The van der Waals surface area contributed by atoms with Gasteiger partial charge in [0, 0.05) is 5.54 Å². The Labute approximate surface area is 92.8 Å². The van der Waals surface area contributed by atoms with E-state index in [2.05, 4.69) is 26.1 Å². The van der Waals surface area contributed by atoms with Crippen LogP contribution < -0.4 is 11.1 Å². The fraction of sp³-hybridized carbons (Fsp3) is 0.917. The maximum atomic E-state index is 11.8. The lowest BCUT2D eigenvalue weighted by Crippen LogP contribution is -2.51. The zero-order valence-electron chi connectivity index (χ0n) is 10.2. The predicted octanol–water partition coefficient (Wildman–Crippen LogP) is 1.81. The van der Waals surface area contributed by atoms with Crippen LogP contribution in [0, 0.1) is 5.92 Å². The molecule has 3 nitrogen and oxygen atoms in total. The summed E-state index contributed by atoms with van der Waals surface area (Å²) in [6, 6.07) is -0.345. The van der Waals surface area contributed by atoms with Crippen molar-refractivity contribution in [3.8, 4) is 0 Å². The first-order chi connectivity index (χ1) is 6.93. The van der Waals surface area contributed by atoms with E-state index >= 15 is 0 Å². The summed E-state index contributed by atoms with van der Waals surface area (Å²) in [5.41, 5.74) is 5.85. The van der Waals surface area contributed by atoms with Crippen LogP contribution in [0.3, 0.4) is 0 Å². The van der Waals surface area contributed by atoms with E-state index < -0.39 is 0 Å². The standard InChI is InChI=1S/C12H24N2O/c1-9(2)8-10(13)11(15)14-12(3)6-4-5-7-12/h9-10H,4-8,13H2,1-3H3,(H,14,15)/t10-/m0/s1. The lowest BCUT2D eigenvalue weighted by molar-refractivity contribution is -0.124. The SMILES string of the molecule is CC(C)C[C@H](N)C(=O)NC1(C)CCCC1. The third-order valence-electron chi connectivity index (χ3n) is 3.19. The fourth-order valence-corrected chi connectivity index (χ4v) is 2.29. The van der Waals surface area contributed by atoms with Crippen molar-refractivity contribution in [1.82, 2.24) is 5.32 Å². The van der Waals surface area contributed by atoms with Gasteiger partial charge in [0.25, 0.3) is 0 Å². The molecular formula is C12H24N2O. The van der Waals surface area contributed by atoms with Crippen LogP contribution in [0.25, 0.3) is 0 Å². The summed E-state index contributed by atoms with van der Waals surface area (Å²) in [6.07, 6.45) is 5.38. The Hall–Kier alpha value is -0.570. The number of hydrogen-bond acceptors (Lipinski definition) is 2. The van der Waals surface area contributed by atoms with Crippen molar-refractivity contribution in [2.45, 2.75) is 64.5 Å². The van der Waals surface area contributed by atoms with E-state index in [1.807, 2.05) is 0 Å². The number of carbonyl (C=O) groups is 1. The van der Waals surface area contributed by atoms with Gasteiger partial charge in [-0.25, -0.2) is 0 Å². The van der Waals surface area contributed by atoms with Crippen molar-refractivity contribution in [2.75, 3.05) is 0 Å². The Bertz CT molecular complexity index is 220. The molecule has 3 N–H and O–H groups in total. The minimum atomic E-state index is -0.345. The molecule has 15 heavy (non-hydrogen) atoms. The highest BCUT2D eigenvalue weighted by Crippen LogP contribution is 2.28. The second-order valence-corrected chi connectivity index (χ2v) is 5.49. The zero-order chi connectivity index (χ0) is 11.5. The van der Waals surface area contributed by atoms with Gasteiger partial charge in [0.05, 0.1) is 6.04 Å². The van der Waals surface area contributed by atoms with Crippen LogP contribution in [0.1, 0.15) is 52.9 Å². The van der Waals surface area contributed by atoms with E-state index in [0.29, 0.717) is 5.92 Å². The highest BCUT2D eigenvalue weighted by atomic mass is 16.2. The van der Waals surface area contributed by atoms with E-state index in [0.717, 1.165) is 19.3 Å². The highest BCUT2D eigenvalue weighted by Gasteiger charge is 2.31. The normalized spacial score (nSPS) is 21.7. The molecule has 1 fully saturated rings. The highest BCUT2D eigenvalue weighted by molar-refractivity contribution is 5.82. The summed E-state index contributed by atoms with van der Waals surface area (Å²) >= 11 is 0. The molecule has 0 unspecified atom stereocenters. The van der Waals surface area contributed by atoms with Crippen LogP contribution in [0.2, 0.25) is 0 Å². The molecule has 88 valence electrons. The second kappa shape index (κ2) is 4.97. The molecule has 0 aromatic heterocycles. The summed E-state index contributed by atoms with van der Waals surface area (Å²) in [7, 11) is 0. The maximum absolute atomic E-state index is 11.8. The predicted molar refractivity (Wildman–Crippen MR) is 62.4 cm³/mol. The average molecular weight is 212 g/mol. The van der Waals surface area contributed by atoms with Crippen molar-refractivity contribution >= 4 is 5.91 Å². The van der Waals surface area contributed by atoms with Gasteiger partial charge in [0.1, 0.15) is 0 Å². The monoisotopic (exact) mass is 212 g/mol. The molecule has 0 aromatic rings. The summed E-state index contributed by atoms with van der Waals surface area (Å²) in [5.74, 6) is 0.496. The quantitative estimate of drug-likeness (QED) is 0.746. The molecule has 0 radical (unpaired) electrons. The van der Waals surface area contributed by atoms with Crippen molar-refractivity contribution < 1.29 is 4.79 Å². The van der Waals surface area contributed by atoms with Crippen LogP contribution in [0.15, 0.2) is 0 Å². The molecule has 1 saturated carbocycles. The van der Waals surface area contributed by atoms with Crippen LogP contribution >= 0.6 is 0 Å². The van der Waals surface area contributed by atoms with E-state index in [1.54, 1.807) is 0 Å². The Balaban J connectivity index is 2.40. The lowest BCUT2D eigenvalue weighted by atomic mass is 9.98. The Morgan fingerprint density at radius 1 is 1.40 bits per heavy atom. The molecule has 0 spiro atoms. The maximum Gasteiger partial charge on any atom is 0.237 e. The number of nitrogens with two attached hydrogens (primary N) is 1. The van der Waals surface area contributed by atoms with Crippen molar-refractivity contribution in [3.63, 3.8) is 0 Å². The lowest BCUT2D eigenvalue weighted by Gasteiger charge is -2.27. The molecule has 0 bridgehead atoms. The van der Waals surface area contributed by atoms with E-state index in [4.69, 9.17) is 5.73 Å². The summed E-state index contributed by atoms with van der Waals surface area (Å²) in [6.45, 7) is 6.30. The molecule has 3 heteroatoms. The molecule has 1 atom stereocenters. The van der Waals surface area contributed by atoms with Gasteiger partial charge in [0.15, 0.2) is 0 Å². The minimum absolute atomic E-state index is 0.00564. The van der Waals surface area contributed by atoms with Crippen LogP contribution in [0.5, 0.6) is 0 Å². The van der Waals surface area contributed by atoms with Crippen LogP contribution in [0.4, 0.5) is 0 Å². The smallest absolute Gasteiger partial charge is 0.237 e. The third-order valence-corrected chi connectivity index (χ3v) is 3.19. The van der Waals surface area contributed by atoms with Gasteiger partial charge in [-0.05, 0) is 32.1 Å². The number of nitrogens with one attached hydrogen (secondary N) is 1. The largest absolute Gasteiger partial charge is 0.350 e. The van der Waals surface area contributed by atoms with Crippen LogP contribution in [-0.4, -0.2) is 17.5 Å². The molecule has 0 heterocycles. The van der Waals surface area contributed by atoms with Crippen molar-refractivity contribution in [1.29, 1.82) is 0 Å². The molecule has 0 saturated heterocycles. The second-order valence-electron chi connectivity index (χ2n) is 5.49. The summed E-state index contributed by atoms with van der Waals surface area (Å²) in [5, 5.41) is 3.10. The average Bonchev–Trinajstić information content (AvgIpc) is 2.50. The molecule has 1 aliphatic carbocycles. The molecule has 0 aliphatic heterocycles. The summed E-state index contributed by atoms with van der Waals surface area (Å²) in [4.78, 5) is 11.8. The van der Waals surface area contributed by atoms with E-state index in [1.165, 1.54) is 12.8 Å². The van der Waals surface area contributed by atoms with Gasteiger partial charge in [-0.2, -0.15) is 0 Å². The van der Waals surface area contributed by atoms with Gasteiger partial charge in [-0.1, -0.05) is 26.7 Å². The fourth-order valence-electron chi connectivity index (χ4n) is 2.29. The molecule has 0 aromatic carbocycles. The summed E-state index contributed by atoms with van der Waals surface area (Å²) < 4.78 is 0. The number of amides is 1. The molecule has 1 amide bonds. The first kappa shape index (κ1) is 12.5. The molecular weight excluding hydrogens is 188 g/mol. The number of carbonyl (C=O) groups excluding carboxylic acids is 1. The van der Waals surface area contributed by atoms with E-state index in [-0.39, 0.29) is 17.5 Å². The van der Waals surface area contributed by atoms with Gasteiger partial charge in [-0.15, -0.1) is 0 Å². The topological polar surface area (TPSA) is 55.1 Å². The Morgan fingerprint density at radius 3 is 2.40 bits per heavy atom. The van der Waals surface area contributed by atoms with Gasteiger partial charge in [0.2, 0.25) is 5.91 Å². The third kappa shape index (κ3) is 3.82. The molecule has 1 aliphatic rings. The van der Waals surface area contributed by atoms with Crippen LogP contribution in [-0.2, 0) is 4.79 Å². The molecule has 1 rings (SSSR count).